The largest absolute Gasteiger partial charge is 0.350 e. The first-order valence-corrected chi connectivity index (χ1v) is 4.67. The molecule has 0 atom stereocenters. The number of hydrogen-bond acceptors (Lipinski definition) is 2. The van der Waals surface area contributed by atoms with Crippen molar-refractivity contribution in [3.05, 3.63) is 30.1 Å². The summed E-state index contributed by atoms with van der Waals surface area (Å²) in [5.74, 6) is -0.0272. The Hall–Kier alpha value is -0.420. The molecule has 0 aliphatic heterocycles. The highest BCUT2D eigenvalue weighted by Crippen LogP contribution is 1.91. The van der Waals surface area contributed by atoms with Crippen molar-refractivity contribution in [2.75, 3.05) is 5.33 Å². The van der Waals surface area contributed by atoms with Crippen molar-refractivity contribution in [2.24, 2.45) is 0 Å². The van der Waals surface area contributed by atoms with Gasteiger partial charge in [-0.1, -0.05) is 22.0 Å². The Labute approximate surface area is 95.8 Å². The zero-order valence-electron chi connectivity index (χ0n) is 6.87. The molecule has 72 valence electrons. The lowest BCUT2D eigenvalue weighted by Gasteiger charge is -2.00. The molecule has 0 bridgehead atoms. The fourth-order valence-corrected chi connectivity index (χ4v) is 0.937. The number of pyridine rings is 1. The number of amides is 1. The van der Waals surface area contributed by atoms with E-state index in [4.69, 9.17) is 0 Å². The van der Waals surface area contributed by atoms with Crippen LogP contribution in [0.3, 0.4) is 0 Å². The lowest BCUT2D eigenvalue weighted by atomic mass is 10.3. The van der Waals surface area contributed by atoms with E-state index in [0.717, 1.165) is 5.69 Å². The third-order valence-corrected chi connectivity index (χ3v) is 1.82. The molecular formula is C8H10Br2N2O. The van der Waals surface area contributed by atoms with Gasteiger partial charge in [-0.15, -0.1) is 17.0 Å². The van der Waals surface area contributed by atoms with Crippen LogP contribution in [-0.2, 0) is 11.3 Å². The maximum absolute atomic E-state index is 10.8. The van der Waals surface area contributed by atoms with Crippen LogP contribution in [0.15, 0.2) is 24.4 Å². The van der Waals surface area contributed by atoms with Gasteiger partial charge in [0.15, 0.2) is 0 Å². The molecule has 1 N–H and O–H groups in total. The zero-order chi connectivity index (χ0) is 8.81. The average molecular weight is 310 g/mol. The van der Waals surface area contributed by atoms with E-state index in [1.54, 1.807) is 6.20 Å². The van der Waals surface area contributed by atoms with Gasteiger partial charge in [-0.05, 0) is 12.1 Å². The molecule has 1 rings (SSSR count). The van der Waals surface area contributed by atoms with Crippen LogP contribution in [0.2, 0.25) is 0 Å². The zero-order valence-corrected chi connectivity index (χ0v) is 10.2. The summed E-state index contributed by atoms with van der Waals surface area (Å²) in [5.41, 5.74) is 0.867. The summed E-state index contributed by atoms with van der Waals surface area (Å²) in [7, 11) is 0. The smallest absolute Gasteiger partial charge is 0.230 e. The molecule has 0 fully saturated rings. The minimum absolute atomic E-state index is 0. The van der Waals surface area contributed by atoms with Crippen molar-refractivity contribution in [1.29, 1.82) is 0 Å². The van der Waals surface area contributed by atoms with E-state index in [2.05, 4.69) is 26.2 Å². The second kappa shape index (κ2) is 7.03. The van der Waals surface area contributed by atoms with E-state index < -0.39 is 0 Å². The molecule has 0 aliphatic rings. The number of aromatic nitrogens is 1. The maximum Gasteiger partial charge on any atom is 0.230 e. The molecule has 0 saturated carbocycles. The molecule has 1 heterocycles. The molecule has 0 unspecified atom stereocenters. The lowest BCUT2D eigenvalue weighted by molar-refractivity contribution is -0.118. The van der Waals surface area contributed by atoms with Gasteiger partial charge in [0.05, 0.1) is 17.6 Å². The van der Waals surface area contributed by atoms with E-state index in [-0.39, 0.29) is 22.9 Å². The predicted octanol–water partition coefficient (Wildman–Crippen LogP) is 1.67. The first-order valence-electron chi connectivity index (χ1n) is 3.55. The van der Waals surface area contributed by atoms with Gasteiger partial charge >= 0.3 is 0 Å². The van der Waals surface area contributed by atoms with Gasteiger partial charge < -0.3 is 5.32 Å². The highest BCUT2D eigenvalue weighted by atomic mass is 79.9. The third-order valence-electron chi connectivity index (χ3n) is 1.31. The summed E-state index contributed by atoms with van der Waals surface area (Å²) in [6, 6.07) is 5.60. The molecule has 0 spiro atoms. The summed E-state index contributed by atoms with van der Waals surface area (Å²) in [6.45, 7) is 0.491. The van der Waals surface area contributed by atoms with Crippen molar-refractivity contribution >= 4 is 38.8 Å². The van der Waals surface area contributed by atoms with Gasteiger partial charge in [0, 0.05) is 6.20 Å². The second-order valence-corrected chi connectivity index (χ2v) is 2.79. The number of hydrogen-bond donors (Lipinski definition) is 1. The van der Waals surface area contributed by atoms with Crippen molar-refractivity contribution in [1.82, 2.24) is 10.3 Å². The Balaban J connectivity index is 0.00000144. The van der Waals surface area contributed by atoms with Crippen LogP contribution < -0.4 is 5.32 Å². The second-order valence-electron chi connectivity index (χ2n) is 2.23. The minimum Gasteiger partial charge on any atom is -0.350 e. The van der Waals surface area contributed by atoms with E-state index in [1.807, 2.05) is 18.2 Å². The Morgan fingerprint density at radius 1 is 1.54 bits per heavy atom. The molecule has 0 radical (unpaired) electrons. The number of halogens is 2. The van der Waals surface area contributed by atoms with Crippen LogP contribution in [0.25, 0.3) is 0 Å². The molecule has 0 aliphatic carbocycles. The molecular weight excluding hydrogens is 300 g/mol. The van der Waals surface area contributed by atoms with Crippen molar-refractivity contribution in [3.63, 3.8) is 0 Å². The number of carbonyl (C=O) groups is 1. The highest BCUT2D eigenvalue weighted by Gasteiger charge is 1.97. The van der Waals surface area contributed by atoms with Gasteiger partial charge in [-0.3, -0.25) is 9.78 Å². The standard InChI is InChI=1S/C8H9BrN2O.BrH/c9-5-8(12)11-6-7-3-1-2-4-10-7;/h1-4H,5-6H2,(H,11,12);1H. The number of alkyl halides is 1. The Bertz CT molecular complexity index is 254. The molecule has 3 nitrogen and oxygen atoms in total. The van der Waals surface area contributed by atoms with Crippen LogP contribution in [0, 0.1) is 0 Å². The Morgan fingerprint density at radius 3 is 2.85 bits per heavy atom. The maximum atomic E-state index is 10.8. The van der Waals surface area contributed by atoms with Gasteiger partial charge in [0.1, 0.15) is 0 Å². The molecule has 1 aromatic heterocycles. The summed E-state index contributed by atoms with van der Waals surface area (Å²) >= 11 is 3.06. The first-order chi connectivity index (χ1) is 5.83. The summed E-state index contributed by atoms with van der Waals surface area (Å²) in [5, 5.41) is 3.03. The van der Waals surface area contributed by atoms with Gasteiger partial charge in [0.2, 0.25) is 5.91 Å². The van der Waals surface area contributed by atoms with E-state index in [1.165, 1.54) is 0 Å². The topological polar surface area (TPSA) is 42.0 Å². The monoisotopic (exact) mass is 308 g/mol. The summed E-state index contributed by atoms with van der Waals surface area (Å²) in [6.07, 6.45) is 1.70. The SMILES string of the molecule is Br.O=C(CBr)NCc1ccccn1. The molecule has 1 amide bonds. The third kappa shape index (κ3) is 5.00. The Morgan fingerprint density at radius 2 is 2.31 bits per heavy atom. The molecule has 5 heteroatoms. The quantitative estimate of drug-likeness (QED) is 0.863. The van der Waals surface area contributed by atoms with Crippen LogP contribution in [0.5, 0.6) is 0 Å². The predicted molar refractivity (Wildman–Crippen MR) is 60.2 cm³/mol. The number of nitrogens with zero attached hydrogens (tertiary/aromatic N) is 1. The van der Waals surface area contributed by atoms with Gasteiger partial charge in [-0.25, -0.2) is 0 Å². The normalized spacial score (nSPS) is 8.69. The lowest BCUT2D eigenvalue weighted by Crippen LogP contribution is -2.23. The van der Waals surface area contributed by atoms with E-state index >= 15 is 0 Å². The average Bonchev–Trinajstić information content (AvgIpc) is 2.16. The van der Waals surface area contributed by atoms with E-state index in [9.17, 15) is 4.79 Å². The fraction of sp³-hybridized carbons (Fsp3) is 0.250. The van der Waals surface area contributed by atoms with Crippen molar-refractivity contribution in [3.8, 4) is 0 Å². The van der Waals surface area contributed by atoms with Crippen molar-refractivity contribution in [2.45, 2.75) is 6.54 Å². The molecule has 1 aromatic rings. The fourth-order valence-electron chi connectivity index (χ4n) is 0.739. The number of nitrogens with one attached hydrogen (secondary N) is 1. The van der Waals surface area contributed by atoms with E-state index in [0.29, 0.717) is 11.9 Å². The highest BCUT2D eigenvalue weighted by molar-refractivity contribution is 9.09. The van der Waals surface area contributed by atoms with Crippen LogP contribution in [0.1, 0.15) is 5.69 Å². The van der Waals surface area contributed by atoms with Gasteiger partial charge in [-0.2, -0.15) is 0 Å². The Kier molecular flexibility index (Phi) is 6.80. The molecule has 0 aromatic carbocycles. The number of carbonyl (C=O) groups excluding carboxylic acids is 1. The summed E-state index contributed by atoms with van der Waals surface area (Å²) in [4.78, 5) is 14.9. The minimum atomic E-state index is -0.0272. The van der Waals surface area contributed by atoms with Crippen LogP contribution >= 0.6 is 32.9 Å². The van der Waals surface area contributed by atoms with Crippen LogP contribution in [0.4, 0.5) is 0 Å². The molecule has 0 saturated heterocycles. The van der Waals surface area contributed by atoms with Crippen molar-refractivity contribution < 1.29 is 4.79 Å². The number of rotatable bonds is 3. The summed E-state index contributed by atoms with van der Waals surface area (Å²) < 4.78 is 0. The van der Waals surface area contributed by atoms with Gasteiger partial charge in [0.25, 0.3) is 0 Å². The van der Waals surface area contributed by atoms with Crippen LogP contribution in [-0.4, -0.2) is 16.2 Å². The molecule has 13 heavy (non-hydrogen) atoms. The first kappa shape index (κ1) is 12.6.